The van der Waals surface area contributed by atoms with Gasteiger partial charge in [-0.3, -0.25) is 9.59 Å². The van der Waals surface area contributed by atoms with Gasteiger partial charge in [0.1, 0.15) is 18.2 Å². The minimum atomic E-state index is -0.711. The summed E-state index contributed by atoms with van der Waals surface area (Å²) < 4.78 is 5.10. The Kier molecular flexibility index (Phi) is 10.1. The highest BCUT2D eigenvalue weighted by Gasteiger charge is 2.22. The molecule has 0 aliphatic heterocycles. The fourth-order valence-electron chi connectivity index (χ4n) is 2.48. The molecular formula is C21H33N3O4. The van der Waals surface area contributed by atoms with Crippen LogP contribution >= 0.6 is 0 Å². The standard InChI is InChI=1S/C21H33N3O4/c1-5-6-10-13-22-19(26)17(14-16-11-8-7-9-12-16)24-18(25)15-23-20(27)28-21(2,3)4/h7-9,11-12,17H,5-6,10,13-15H2,1-4H3,(H,22,26)(H,23,27)(H,24,25)/t17-/m0/s1. The molecule has 0 heterocycles. The molecule has 0 saturated heterocycles. The lowest BCUT2D eigenvalue weighted by Crippen LogP contribution is -2.51. The first-order valence-corrected chi connectivity index (χ1v) is 9.79. The lowest BCUT2D eigenvalue weighted by molar-refractivity contribution is -0.128. The van der Waals surface area contributed by atoms with Crippen molar-refractivity contribution in [3.05, 3.63) is 35.9 Å². The molecule has 0 radical (unpaired) electrons. The van der Waals surface area contributed by atoms with Gasteiger partial charge in [0.05, 0.1) is 0 Å². The van der Waals surface area contributed by atoms with Crippen molar-refractivity contribution in [3.8, 4) is 0 Å². The van der Waals surface area contributed by atoms with E-state index in [-0.39, 0.29) is 12.5 Å². The molecule has 28 heavy (non-hydrogen) atoms. The Balaban J connectivity index is 2.61. The van der Waals surface area contributed by atoms with Crippen LogP contribution in [0.1, 0.15) is 52.5 Å². The summed E-state index contributed by atoms with van der Waals surface area (Å²) in [6.45, 7) is 7.63. The molecule has 0 aromatic heterocycles. The fourth-order valence-corrected chi connectivity index (χ4v) is 2.48. The Morgan fingerprint density at radius 2 is 1.71 bits per heavy atom. The number of ether oxygens (including phenoxy) is 1. The Hall–Kier alpha value is -2.57. The molecule has 1 aromatic rings. The molecule has 3 N–H and O–H groups in total. The van der Waals surface area contributed by atoms with Crippen molar-refractivity contribution in [1.29, 1.82) is 0 Å². The second-order valence-electron chi connectivity index (χ2n) is 7.66. The number of carbonyl (C=O) groups excluding carboxylic acids is 3. The Labute approximate surface area is 167 Å². The van der Waals surface area contributed by atoms with Crippen LogP contribution in [0.4, 0.5) is 4.79 Å². The quantitative estimate of drug-likeness (QED) is 0.534. The van der Waals surface area contributed by atoms with E-state index in [1.807, 2.05) is 30.3 Å². The lowest BCUT2D eigenvalue weighted by Gasteiger charge is -2.21. The fraction of sp³-hybridized carbons (Fsp3) is 0.571. The lowest BCUT2D eigenvalue weighted by atomic mass is 10.1. The van der Waals surface area contributed by atoms with Gasteiger partial charge >= 0.3 is 6.09 Å². The predicted octanol–water partition coefficient (Wildman–Crippen LogP) is 2.54. The molecule has 3 amide bonds. The largest absolute Gasteiger partial charge is 0.444 e. The average molecular weight is 392 g/mol. The van der Waals surface area contributed by atoms with Gasteiger partial charge in [-0.1, -0.05) is 50.1 Å². The Bertz CT molecular complexity index is 626. The van der Waals surface area contributed by atoms with Crippen molar-refractivity contribution < 1.29 is 19.1 Å². The summed E-state index contributed by atoms with van der Waals surface area (Å²) in [6.07, 6.45) is 2.70. The van der Waals surface area contributed by atoms with Crippen molar-refractivity contribution in [2.75, 3.05) is 13.1 Å². The maximum absolute atomic E-state index is 12.5. The smallest absolute Gasteiger partial charge is 0.408 e. The first-order chi connectivity index (χ1) is 13.2. The first kappa shape index (κ1) is 23.5. The molecule has 1 rings (SSSR count). The molecule has 0 aliphatic rings. The second kappa shape index (κ2) is 12.0. The summed E-state index contributed by atoms with van der Waals surface area (Å²) in [5, 5.41) is 7.98. The van der Waals surface area contributed by atoms with Crippen LogP contribution in [0.25, 0.3) is 0 Å². The topological polar surface area (TPSA) is 96.5 Å². The molecule has 7 heteroatoms. The normalized spacial score (nSPS) is 12.0. The van der Waals surface area contributed by atoms with Crippen LogP contribution < -0.4 is 16.0 Å². The number of alkyl carbamates (subject to hydrolysis) is 1. The highest BCUT2D eigenvalue weighted by Crippen LogP contribution is 2.06. The SMILES string of the molecule is CCCCCNC(=O)[C@H](Cc1ccccc1)NC(=O)CNC(=O)OC(C)(C)C. The molecule has 0 fully saturated rings. The van der Waals surface area contributed by atoms with E-state index in [0.29, 0.717) is 13.0 Å². The zero-order chi connectivity index (χ0) is 21.0. The molecule has 7 nitrogen and oxygen atoms in total. The van der Waals surface area contributed by atoms with Gasteiger partial charge in [0.2, 0.25) is 11.8 Å². The van der Waals surface area contributed by atoms with Crippen LogP contribution in [0.5, 0.6) is 0 Å². The zero-order valence-corrected chi connectivity index (χ0v) is 17.3. The van der Waals surface area contributed by atoms with Crippen LogP contribution in [0.3, 0.4) is 0 Å². The van der Waals surface area contributed by atoms with Crippen LogP contribution in [0.2, 0.25) is 0 Å². The van der Waals surface area contributed by atoms with Gasteiger partial charge < -0.3 is 20.7 Å². The van der Waals surface area contributed by atoms with Crippen molar-refractivity contribution in [3.63, 3.8) is 0 Å². The third kappa shape index (κ3) is 10.5. The van der Waals surface area contributed by atoms with E-state index in [2.05, 4.69) is 22.9 Å². The summed E-state index contributed by atoms with van der Waals surface area (Å²) in [6, 6.07) is 8.77. The maximum Gasteiger partial charge on any atom is 0.408 e. The summed E-state index contributed by atoms with van der Waals surface area (Å²) >= 11 is 0. The molecular weight excluding hydrogens is 358 g/mol. The average Bonchev–Trinajstić information content (AvgIpc) is 2.62. The number of benzene rings is 1. The van der Waals surface area contributed by atoms with E-state index in [9.17, 15) is 14.4 Å². The van der Waals surface area contributed by atoms with E-state index in [1.54, 1.807) is 20.8 Å². The van der Waals surface area contributed by atoms with Gasteiger partial charge in [0.15, 0.2) is 0 Å². The Morgan fingerprint density at radius 1 is 1.04 bits per heavy atom. The molecule has 0 saturated carbocycles. The molecule has 0 aliphatic carbocycles. The van der Waals surface area contributed by atoms with Gasteiger partial charge in [-0.15, -0.1) is 0 Å². The van der Waals surface area contributed by atoms with Crippen molar-refractivity contribution >= 4 is 17.9 Å². The minimum Gasteiger partial charge on any atom is -0.444 e. The molecule has 0 unspecified atom stereocenters. The molecule has 1 aromatic carbocycles. The third-order valence-electron chi connectivity index (χ3n) is 3.81. The first-order valence-electron chi connectivity index (χ1n) is 9.79. The third-order valence-corrected chi connectivity index (χ3v) is 3.81. The number of hydrogen-bond donors (Lipinski definition) is 3. The molecule has 1 atom stereocenters. The van der Waals surface area contributed by atoms with Crippen molar-refractivity contribution in [1.82, 2.24) is 16.0 Å². The van der Waals surface area contributed by atoms with E-state index < -0.39 is 23.6 Å². The number of hydrogen-bond acceptors (Lipinski definition) is 4. The van der Waals surface area contributed by atoms with Gasteiger partial charge in [-0.05, 0) is 32.8 Å². The monoisotopic (exact) mass is 391 g/mol. The highest BCUT2D eigenvalue weighted by atomic mass is 16.6. The number of nitrogens with one attached hydrogen (secondary N) is 3. The minimum absolute atomic E-state index is 0.231. The van der Waals surface area contributed by atoms with Crippen LogP contribution in [-0.4, -0.2) is 42.6 Å². The molecule has 0 bridgehead atoms. The molecule has 0 spiro atoms. The number of rotatable bonds is 10. The summed E-state index contributed by atoms with van der Waals surface area (Å²) in [4.78, 5) is 36.5. The summed E-state index contributed by atoms with van der Waals surface area (Å²) in [7, 11) is 0. The van der Waals surface area contributed by atoms with Crippen LogP contribution in [0.15, 0.2) is 30.3 Å². The van der Waals surface area contributed by atoms with E-state index in [0.717, 1.165) is 24.8 Å². The summed E-state index contributed by atoms with van der Waals surface area (Å²) in [5.74, 6) is -0.680. The Morgan fingerprint density at radius 3 is 2.32 bits per heavy atom. The second-order valence-corrected chi connectivity index (χ2v) is 7.66. The van der Waals surface area contributed by atoms with E-state index >= 15 is 0 Å². The van der Waals surface area contributed by atoms with E-state index in [1.165, 1.54) is 0 Å². The zero-order valence-electron chi connectivity index (χ0n) is 17.3. The predicted molar refractivity (Wildman–Crippen MR) is 109 cm³/mol. The number of amides is 3. The van der Waals surface area contributed by atoms with Gasteiger partial charge in [-0.2, -0.15) is 0 Å². The van der Waals surface area contributed by atoms with Gasteiger partial charge in [0.25, 0.3) is 0 Å². The van der Waals surface area contributed by atoms with Crippen LogP contribution in [-0.2, 0) is 20.7 Å². The highest BCUT2D eigenvalue weighted by molar-refractivity contribution is 5.89. The van der Waals surface area contributed by atoms with Gasteiger partial charge in [0, 0.05) is 13.0 Å². The number of unbranched alkanes of at least 4 members (excludes halogenated alkanes) is 2. The van der Waals surface area contributed by atoms with Crippen molar-refractivity contribution in [2.45, 2.75) is 65.0 Å². The summed E-state index contributed by atoms with van der Waals surface area (Å²) in [5.41, 5.74) is 0.297. The van der Waals surface area contributed by atoms with E-state index in [4.69, 9.17) is 4.74 Å². The number of carbonyl (C=O) groups is 3. The molecule has 156 valence electrons. The maximum atomic E-state index is 12.5. The van der Waals surface area contributed by atoms with Crippen molar-refractivity contribution in [2.24, 2.45) is 0 Å². The van der Waals surface area contributed by atoms with Crippen LogP contribution in [0, 0.1) is 0 Å². The van der Waals surface area contributed by atoms with Gasteiger partial charge in [-0.25, -0.2) is 4.79 Å².